The molecule has 1 N–H and O–H groups in total. The molecular formula is C19H31NO. The molecule has 1 aliphatic carbocycles. The van der Waals surface area contributed by atoms with Gasteiger partial charge in [0.1, 0.15) is 0 Å². The highest BCUT2D eigenvalue weighted by Crippen LogP contribution is 2.38. The van der Waals surface area contributed by atoms with Crippen LogP contribution < -0.4 is 5.32 Å². The summed E-state index contributed by atoms with van der Waals surface area (Å²) in [6, 6.07) is 5.12. The zero-order valence-corrected chi connectivity index (χ0v) is 14.3. The van der Waals surface area contributed by atoms with E-state index in [0.717, 1.165) is 19.1 Å². The van der Waals surface area contributed by atoms with Gasteiger partial charge in [0.25, 0.3) is 0 Å². The lowest BCUT2D eigenvalue weighted by Crippen LogP contribution is -2.35. The predicted molar refractivity (Wildman–Crippen MR) is 89.8 cm³/mol. The molecule has 1 unspecified atom stereocenters. The van der Waals surface area contributed by atoms with Gasteiger partial charge in [-0.3, -0.25) is 0 Å². The van der Waals surface area contributed by atoms with Gasteiger partial charge in [0.2, 0.25) is 0 Å². The molecule has 1 atom stereocenters. The molecule has 1 aromatic rings. The third-order valence-electron chi connectivity index (χ3n) is 4.70. The summed E-state index contributed by atoms with van der Waals surface area (Å²) >= 11 is 0. The summed E-state index contributed by atoms with van der Waals surface area (Å²) in [5.41, 5.74) is 5.74. The normalized spacial score (nSPS) is 22.9. The fourth-order valence-corrected chi connectivity index (χ4v) is 3.86. The van der Waals surface area contributed by atoms with E-state index in [9.17, 15) is 0 Å². The van der Waals surface area contributed by atoms with Gasteiger partial charge < -0.3 is 10.1 Å². The molecule has 1 aliphatic rings. The standard InChI is InChI=1S/C19H31NO/c1-6-20-18(12-16-10-17(11-16)21-7-2)19-14(4)8-13(3)9-15(19)5/h8-9,16-18,20H,6-7,10-12H2,1-5H3. The van der Waals surface area contributed by atoms with Crippen LogP contribution in [0, 0.1) is 26.7 Å². The van der Waals surface area contributed by atoms with E-state index >= 15 is 0 Å². The molecule has 0 saturated heterocycles. The van der Waals surface area contributed by atoms with Crippen LogP contribution in [0.5, 0.6) is 0 Å². The molecule has 0 radical (unpaired) electrons. The highest BCUT2D eigenvalue weighted by Gasteiger charge is 2.32. The smallest absolute Gasteiger partial charge is 0.0580 e. The number of ether oxygens (including phenoxy) is 1. The minimum atomic E-state index is 0.489. The zero-order chi connectivity index (χ0) is 15.4. The van der Waals surface area contributed by atoms with Crippen LogP contribution in [-0.2, 0) is 4.74 Å². The van der Waals surface area contributed by atoms with E-state index in [2.05, 4.69) is 52.1 Å². The average molecular weight is 289 g/mol. The van der Waals surface area contributed by atoms with Crippen LogP contribution in [0.3, 0.4) is 0 Å². The summed E-state index contributed by atoms with van der Waals surface area (Å²) in [5.74, 6) is 0.811. The van der Waals surface area contributed by atoms with Crippen LogP contribution in [-0.4, -0.2) is 19.3 Å². The Bertz CT molecular complexity index is 440. The van der Waals surface area contributed by atoms with E-state index in [1.54, 1.807) is 0 Å². The number of hydrogen-bond acceptors (Lipinski definition) is 2. The number of benzene rings is 1. The van der Waals surface area contributed by atoms with Crippen molar-refractivity contribution in [1.82, 2.24) is 5.32 Å². The Morgan fingerprint density at radius 2 is 1.76 bits per heavy atom. The molecule has 2 rings (SSSR count). The van der Waals surface area contributed by atoms with Gasteiger partial charge in [-0.05, 0) is 76.1 Å². The summed E-state index contributed by atoms with van der Waals surface area (Å²) in [4.78, 5) is 0. The Morgan fingerprint density at radius 3 is 2.29 bits per heavy atom. The Labute approximate surface area is 130 Å². The van der Waals surface area contributed by atoms with Gasteiger partial charge in [0.15, 0.2) is 0 Å². The lowest BCUT2D eigenvalue weighted by Gasteiger charge is -2.38. The summed E-state index contributed by atoms with van der Waals surface area (Å²) < 4.78 is 5.70. The van der Waals surface area contributed by atoms with E-state index in [1.807, 2.05) is 0 Å². The second-order valence-corrected chi connectivity index (χ2v) is 6.57. The third kappa shape index (κ3) is 4.08. The highest BCUT2D eigenvalue weighted by molar-refractivity contribution is 5.39. The summed E-state index contributed by atoms with van der Waals surface area (Å²) in [6.07, 6.45) is 4.23. The monoisotopic (exact) mass is 289 g/mol. The van der Waals surface area contributed by atoms with Gasteiger partial charge in [0, 0.05) is 12.6 Å². The van der Waals surface area contributed by atoms with Crippen molar-refractivity contribution in [2.45, 2.75) is 66.0 Å². The first kappa shape index (κ1) is 16.5. The van der Waals surface area contributed by atoms with E-state index < -0.39 is 0 Å². The van der Waals surface area contributed by atoms with Gasteiger partial charge in [-0.1, -0.05) is 24.6 Å². The molecule has 118 valence electrons. The molecule has 0 aliphatic heterocycles. The first-order valence-corrected chi connectivity index (χ1v) is 8.47. The molecule has 0 spiro atoms. The SMILES string of the molecule is CCNC(CC1CC(OCC)C1)c1c(C)cc(C)cc1C. The number of rotatable bonds is 7. The maximum atomic E-state index is 5.70. The molecule has 2 nitrogen and oxygen atoms in total. The number of aryl methyl sites for hydroxylation is 3. The fourth-order valence-electron chi connectivity index (χ4n) is 3.86. The molecule has 0 heterocycles. The molecule has 21 heavy (non-hydrogen) atoms. The van der Waals surface area contributed by atoms with Crippen LogP contribution in [0.4, 0.5) is 0 Å². The minimum absolute atomic E-state index is 0.489. The van der Waals surface area contributed by atoms with Gasteiger partial charge in [-0.2, -0.15) is 0 Å². The van der Waals surface area contributed by atoms with Crippen molar-refractivity contribution in [3.8, 4) is 0 Å². The lowest BCUT2D eigenvalue weighted by molar-refractivity contribution is -0.0291. The van der Waals surface area contributed by atoms with Crippen LogP contribution in [0.15, 0.2) is 12.1 Å². The molecular weight excluding hydrogens is 258 g/mol. The molecule has 1 aromatic carbocycles. The second-order valence-electron chi connectivity index (χ2n) is 6.57. The van der Waals surface area contributed by atoms with E-state index in [1.165, 1.54) is 41.5 Å². The van der Waals surface area contributed by atoms with Crippen LogP contribution >= 0.6 is 0 Å². The van der Waals surface area contributed by atoms with Crippen molar-refractivity contribution < 1.29 is 4.74 Å². The van der Waals surface area contributed by atoms with Gasteiger partial charge in [0.05, 0.1) is 6.10 Å². The van der Waals surface area contributed by atoms with E-state index in [4.69, 9.17) is 4.74 Å². The van der Waals surface area contributed by atoms with Crippen molar-refractivity contribution >= 4 is 0 Å². The third-order valence-corrected chi connectivity index (χ3v) is 4.70. The molecule has 1 saturated carbocycles. The van der Waals surface area contributed by atoms with Gasteiger partial charge in [-0.25, -0.2) is 0 Å². The predicted octanol–water partition coefficient (Wildman–Crippen LogP) is 4.47. The molecule has 0 aromatic heterocycles. The van der Waals surface area contributed by atoms with Crippen molar-refractivity contribution in [1.29, 1.82) is 0 Å². The van der Waals surface area contributed by atoms with Crippen LogP contribution in [0.25, 0.3) is 0 Å². The molecule has 0 amide bonds. The highest BCUT2D eigenvalue weighted by atomic mass is 16.5. The van der Waals surface area contributed by atoms with E-state index in [-0.39, 0.29) is 0 Å². The van der Waals surface area contributed by atoms with Gasteiger partial charge in [-0.15, -0.1) is 0 Å². The van der Waals surface area contributed by atoms with Gasteiger partial charge >= 0.3 is 0 Å². The number of nitrogens with one attached hydrogen (secondary N) is 1. The Kier molecular flexibility index (Phi) is 5.83. The van der Waals surface area contributed by atoms with E-state index in [0.29, 0.717) is 12.1 Å². The Morgan fingerprint density at radius 1 is 1.14 bits per heavy atom. The van der Waals surface area contributed by atoms with Crippen molar-refractivity contribution in [2.24, 2.45) is 5.92 Å². The average Bonchev–Trinajstić information content (AvgIpc) is 2.35. The van der Waals surface area contributed by atoms with Crippen molar-refractivity contribution in [3.63, 3.8) is 0 Å². The summed E-state index contributed by atoms with van der Waals surface area (Å²) in [5, 5.41) is 3.71. The second kappa shape index (κ2) is 7.42. The zero-order valence-electron chi connectivity index (χ0n) is 14.3. The van der Waals surface area contributed by atoms with Crippen molar-refractivity contribution in [3.05, 3.63) is 34.4 Å². The number of hydrogen-bond donors (Lipinski definition) is 1. The summed E-state index contributed by atoms with van der Waals surface area (Å²) in [7, 11) is 0. The largest absolute Gasteiger partial charge is 0.378 e. The molecule has 2 heteroatoms. The van der Waals surface area contributed by atoms with Crippen LogP contribution in [0.1, 0.15) is 61.4 Å². The Balaban J connectivity index is 2.06. The minimum Gasteiger partial charge on any atom is -0.378 e. The molecule has 0 bridgehead atoms. The maximum Gasteiger partial charge on any atom is 0.0580 e. The first-order chi connectivity index (χ1) is 10.0. The van der Waals surface area contributed by atoms with Crippen molar-refractivity contribution in [2.75, 3.05) is 13.2 Å². The first-order valence-electron chi connectivity index (χ1n) is 8.47. The lowest BCUT2D eigenvalue weighted by atomic mass is 9.76. The fraction of sp³-hybridized carbons (Fsp3) is 0.684. The maximum absolute atomic E-state index is 5.70. The topological polar surface area (TPSA) is 21.3 Å². The quantitative estimate of drug-likeness (QED) is 0.799. The Hall–Kier alpha value is -0.860. The summed E-state index contributed by atoms with van der Waals surface area (Å²) in [6.45, 7) is 12.9. The van der Waals surface area contributed by atoms with Crippen LogP contribution in [0.2, 0.25) is 0 Å². The molecule has 1 fully saturated rings.